The molecule has 2 heterocycles. The molecule has 156 valence electrons. The van der Waals surface area contributed by atoms with Gasteiger partial charge in [0.1, 0.15) is 13.2 Å². The highest BCUT2D eigenvalue weighted by molar-refractivity contribution is 9.10. The van der Waals surface area contributed by atoms with Gasteiger partial charge >= 0.3 is 5.76 Å². The van der Waals surface area contributed by atoms with E-state index in [0.717, 1.165) is 0 Å². The van der Waals surface area contributed by atoms with Crippen molar-refractivity contribution in [1.29, 1.82) is 0 Å². The number of carbonyl (C=O) groups is 1. The van der Waals surface area contributed by atoms with Crippen molar-refractivity contribution in [2.45, 2.75) is 19.4 Å². The molecule has 2 aromatic carbocycles. The molecule has 10 nitrogen and oxygen atoms in total. The van der Waals surface area contributed by atoms with Crippen molar-refractivity contribution < 1.29 is 23.6 Å². The van der Waals surface area contributed by atoms with Gasteiger partial charge < -0.3 is 19.2 Å². The quantitative estimate of drug-likeness (QED) is 0.425. The van der Waals surface area contributed by atoms with Gasteiger partial charge in [0.05, 0.1) is 22.2 Å². The van der Waals surface area contributed by atoms with Gasteiger partial charge in [-0.15, -0.1) is 0 Å². The summed E-state index contributed by atoms with van der Waals surface area (Å²) in [6, 6.07) is 7.40. The van der Waals surface area contributed by atoms with Gasteiger partial charge in [0.15, 0.2) is 17.1 Å². The van der Waals surface area contributed by atoms with Crippen LogP contribution in [-0.2, 0) is 11.3 Å². The number of halogens is 1. The lowest BCUT2D eigenvalue weighted by Crippen LogP contribution is -2.18. The smallest absolute Gasteiger partial charge is 0.419 e. The molecular formula is C19H16BrN3O7. The van der Waals surface area contributed by atoms with Crippen LogP contribution < -0.4 is 20.5 Å². The lowest BCUT2D eigenvalue weighted by atomic mass is 10.2. The highest BCUT2D eigenvalue weighted by atomic mass is 79.9. The number of nitro benzene ring substituents is 1. The summed E-state index contributed by atoms with van der Waals surface area (Å²) in [5.74, 6) is 0.312. The Morgan fingerprint density at radius 1 is 1.20 bits per heavy atom. The second-order valence-corrected chi connectivity index (χ2v) is 7.41. The Labute approximate surface area is 177 Å². The monoisotopic (exact) mass is 477 g/mol. The number of nitrogens with one attached hydrogen (secondary N) is 1. The second kappa shape index (κ2) is 8.19. The summed E-state index contributed by atoms with van der Waals surface area (Å²) in [7, 11) is 0. The lowest BCUT2D eigenvalue weighted by molar-refractivity contribution is -0.384. The standard InChI is InChI=1S/C19H16BrN3O7/c20-12-9-16-17(29-7-6-28-16)10-13(12)21-18(24)2-1-5-22-14-4-3-11(23(26)27)8-15(14)30-19(22)25/h3-4,8-10H,1-2,5-7H2,(H,21,24). The molecule has 1 aromatic heterocycles. The molecule has 3 aromatic rings. The summed E-state index contributed by atoms with van der Waals surface area (Å²) in [5.41, 5.74) is 0.981. The maximum atomic E-state index is 12.3. The maximum absolute atomic E-state index is 12.3. The zero-order chi connectivity index (χ0) is 21.3. The summed E-state index contributed by atoms with van der Waals surface area (Å²) < 4.78 is 18.1. The molecular weight excluding hydrogens is 462 g/mol. The first-order valence-corrected chi connectivity index (χ1v) is 9.88. The third-order valence-corrected chi connectivity index (χ3v) is 5.21. The molecule has 0 atom stereocenters. The van der Waals surface area contributed by atoms with E-state index in [-0.39, 0.29) is 30.1 Å². The van der Waals surface area contributed by atoms with Crippen LogP contribution in [0, 0.1) is 10.1 Å². The summed E-state index contributed by atoms with van der Waals surface area (Å²) in [5, 5.41) is 13.7. The number of fused-ring (bicyclic) bond motifs is 2. The zero-order valence-corrected chi connectivity index (χ0v) is 17.1. The van der Waals surface area contributed by atoms with Gasteiger partial charge in [-0.1, -0.05) is 0 Å². The molecule has 0 radical (unpaired) electrons. The third kappa shape index (κ3) is 4.01. The molecule has 11 heteroatoms. The largest absolute Gasteiger partial charge is 0.486 e. The van der Waals surface area contributed by atoms with E-state index in [1.165, 1.54) is 22.8 Å². The Morgan fingerprint density at radius 2 is 1.93 bits per heavy atom. The van der Waals surface area contributed by atoms with Crippen LogP contribution in [0.4, 0.5) is 11.4 Å². The second-order valence-electron chi connectivity index (χ2n) is 6.56. The van der Waals surface area contributed by atoms with Crippen molar-refractivity contribution in [3.63, 3.8) is 0 Å². The topological polar surface area (TPSA) is 126 Å². The number of ether oxygens (including phenoxy) is 2. The molecule has 0 fully saturated rings. The van der Waals surface area contributed by atoms with Crippen molar-refractivity contribution in [2.75, 3.05) is 18.5 Å². The average Bonchev–Trinajstić information content (AvgIpc) is 3.03. The van der Waals surface area contributed by atoms with Crippen molar-refractivity contribution in [1.82, 2.24) is 4.57 Å². The molecule has 30 heavy (non-hydrogen) atoms. The number of nitrogens with zero attached hydrogens (tertiary/aromatic N) is 2. The van der Waals surface area contributed by atoms with E-state index in [9.17, 15) is 19.7 Å². The number of amides is 1. The van der Waals surface area contributed by atoms with Crippen molar-refractivity contribution >= 4 is 44.3 Å². The number of nitro groups is 1. The number of aryl methyl sites for hydroxylation is 1. The molecule has 0 saturated heterocycles. The van der Waals surface area contributed by atoms with Gasteiger partial charge in [-0.3, -0.25) is 19.5 Å². The Kier molecular flexibility index (Phi) is 5.44. The maximum Gasteiger partial charge on any atom is 0.419 e. The van der Waals surface area contributed by atoms with Crippen LogP contribution in [0.2, 0.25) is 0 Å². The fourth-order valence-corrected chi connectivity index (χ4v) is 3.57. The summed E-state index contributed by atoms with van der Waals surface area (Å²) in [6.07, 6.45) is 0.534. The molecule has 1 amide bonds. The minimum atomic E-state index is -0.625. The Bertz CT molecular complexity index is 1200. The van der Waals surface area contributed by atoms with Gasteiger partial charge in [-0.05, 0) is 28.4 Å². The molecule has 0 bridgehead atoms. The highest BCUT2D eigenvalue weighted by Gasteiger charge is 2.17. The predicted octanol–water partition coefficient (Wildman–Crippen LogP) is 3.46. The number of aromatic nitrogens is 1. The predicted molar refractivity (Wildman–Crippen MR) is 110 cm³/mol. The highest BCUT2D eigenvalue weighted by Crippen LogP contribution is 2.38. The number of oxazole rings is 1. The average molecular weight is 478 g/mol. The molecule has 0 aliphatic carbocycles. The molecule has 1 N–H and O–H groups in total. The van der Waals surface area contributed by atoms with Crippen molar-refractivity contribution in [3.05, 3.63) is 55.5 Å². The van der Waals surface area contributed by atoms with Crippen LogP contribution in [0.3, 0.4) is 0 Å². The summed E-state index contributed by atoms with van der Waals surface area (Å²) in [6.45, 7) is 1.15. The number of hydrogen-bond donors (Lipinski definition) is 1. The van der Waals surface area contributed by atoms with E-state index in [1.807, 2.05) is 0 Å². The van der Waals surface area contributed by atoms with Gasteiger partial charge in [0.25, 0.3) is 5.69 Å². The van der Waals surface area contributed by atoms with E-state index in [0.29, 0.717) is 46.8 Å². The molecule has 4 rings (SSSR count). The van der Waals surface area contributed by atoms with Crippen LogP contribution >= 0.6 is 15.9 Å². The van der Waals surface area contributed by atoms with E-state index in [4.69, 9.17) is 13.9 Å². The van der Waals surface area contributed by atoms with Gasteiger partial charge in [0.2, 0.25) is 5.91 Å². The summed E-state index contributed by atoms with van der Waals surface area (Å²) >= 11 is 3.40. The first-order valence-electron chi connectivity index (χ1n) is 9.09. The fraction of sp³-hybridized carbons (Fsp3) is 0.263. The van der Waals surface area contributed by atoms with Crippen LogP contribution in [0.15, 0.2) is 44.0 Å². The van der Waals surface area contributed by atoms with Crippen LogP contribution in [0.5, 0.6) is 11.5 Å². The fourth-order valence-electron chi connectivity index (χ4n) is 3.15. The van der Waals surface area contributed by atoms with Crippen LogP contribution in [0.25, 0.3) is 11.1 Å². The number of rotatable bonds is 6. The van der Waals surface area contributed by atoms with Crippen LogP contribution in [-0.4, -0.2) is 28.6 Å². The minimum Gasteiger partial charge on any atom is -0.486 e. The first-order chi connectivity index (χ1) is 14.4. The minimum absolute atomic E-state index is 0.138. The van der Waals surface area contributed by atoms with Crippen molar-refractivity contribution in [3.8, 4) is 11.5 Å². The van der Waals surface area contributed by atoms with E-state index >= 15 is 0 Å². The number of benzene rings is 2. The molecule has 1 aliphatic heterocycles. The number of hydrogen-bond acceptors (Lipinski definition) is 7. The molecule has 0 unspecified atom stereocenters. The summed E-state index contributed by atoms with van der Waals surface area (Å²) in [4.78, 5) is 34.7. The first kappa shape index (κ1) is 20.0. The van der Waals surface area contributed by atoms with Crippen LogP contribution in [0.1, 0.15) is 12.8 Å². The third-order valence-electron chi connectivity index (χ3n) is 4.55. The van der Waals surface area contributed by atoms with Gasteiger partial charge in [-0.25, -0.2) is 4.79 Å². The van der Waals surface area contributed by atoms with Crippen molar-refractivity contribution in [2.24, 2.45) is 0 Å². The SMILES string of the molecule is O=C(CCCn1c(=O)oc2cc([N+](=O)[O-])ccc21)Nc1cc2c(cc1Br)OCCO2. The lowest BCUT2D eigenvalue weighted by Gasteiger charge is -2.20. The normalized spacial score (nSPS) is 12.7. The Balaban J connectivity index is 1.40. The molecule has 1 aliphatic rings. The number of carbonyl (C=O) groups excluding carboxylic acids is 1. The zero-order valence-electron chi connectivity index (χ0n) is 15.6. The van der Waals surface area contributed by atoms with E-state index in [1.54, 1.807) is 12.1 Å². The van der Waals surface area contributed by atoms with Gasteiger partial charge in [0, 0.05) is 35.6 Å². The number of anilines is 1. The molecule has 0 saturated carbocycles. The Hall–Kier alpha value is -3.34. The molecule has 0 spiro atoms. The van der Waals surface area contributed by atoms with E-state index in [2.05, 4.69) is 21.2 Å². The van der Waals surface area contributed by atoms with E-state index < -0.39 is 10.7 Å². The Morgan fingerprint density at radius 3 is 2.67 bits per heavy atom. The van der Waals surface area contributed by atoms with Gasteiger partial charge in [-0.2, -0.15) is 0 Å². The number of non-ortho nitro benzene ring substituents is 1.